The summed E-state index contributed by atoms with van der Waals surface area (Å²) < 4.78 is 28.4. The molecule has 0 fully saturated rings. The van der Waals surface area contributed by atoms with Gasteiger partial charge in [0.15, 0.2) is 9.84 Å². The molecule has 0 saturated carbocycles. The van der Waals surface area contributed by atoms with E-state index in [1.54, 1.807) is 16.8 Å². The van der Waals surface area contributed by atoms with E-state index in [0.717, 1.165) is 33.5 Å². The molecule has 0 spiro atoms. The van der Waals surface area contributed by atoms with Gasteiger partial charge < -0.3 is 9.88 Å². The van der Waals surface area contributed by atoms with Crippen LogP contribution in [-0.2, 0) is 26.9 Å². The molecule has 33 heavy (non-hydrogen) atoms. The van der Waals surface area contributed by atoms with Crippen LogP contribution in [0.5, 0.6) is 0 Å². The maximum Gasteiger partial charge on any atom is 0.244 e. The first-order valence-corrected chi connectivity index (χ1v) is 12.5. The molecule has 0 saturated heterocycles. The highest BCUT2D eigenvalue weighted by Crippen LogP contribution is 2.29. The quantitative estimate of drug-likeness (QED) is 0.414. The fraction of sp³-hybridized carbons (Fsp3) is 0.222. The van der Waals surface area contributed by atoms with Crippen LogP contribution in [0.1, 0.15) is 27.8 Å². The predicted octanol–water partition coefficient (Wildman–Crippen LogP) is 5.49. The summed E-state index contributed by atoms with van der Waals surface area (Å²) in [6, 6.07) is 18.9. The van der Waals surface area contributed by atoms with Crippen LogP contribution in [0, 0.1) is 27.7 Å². The second-order valence-electron chi connectivity index (χ2n) is 8.71. The summed E-state index contributed by atoms with van der Waals surface area (Å²) in [5, 5.41) is 3.63. The van der Waals surface area contributed by atoms with Crippen LogP contribution in [0.25, 0.3) is 10.9 Å². The number of para-hydroxylation sites is 1. The van der Waals surface area contributed by atoms with E-state index < -0.39 is 9.84 Å². The fourth-order valence-corrected chi connectivity index (χ4v) is 5.97. The molecule has 1 amide bonds. The maximum absolute atomic E-state index is 13.3. The Morgan fingerprint density at radius 1 is 0.879 bits per heavy atom. The van der Waals surface area contributed by atoms with Crippen molar-refractivity contribution in [2.45, 2.75) is 44.9 Å². The third-order valence-electron chi connectivity index (χ3n) is 5.78. The highest BCUT2D eigenvalue weighted by Gasteiger charge is 2.22. The van der Waals surface area contributed by atoms with E-state index in [1.807, 2.05) is 82.3 Å². The van der Waals surface area contributed by atoms with Gasteiger partial charge >= 0.3 is 0 Å². The molecule has 3 aromatic carbocycles. The van der Waals surface area contributed by atoms with Crippen molar-refractivity contribution in [3.63, 3.8) is 0 Å². The number of anilines is 1. The first-order chi connectivity index (χ1) is 15.6. The normalized spacial score (nSPS) is 11.6. The van der Waals surface area contributed by atoms with Crippen molar-refractivity contribution in [3.8, 4) is 0 Å². The minimum absolute atomic E-state index is 0.0211. The molecule has 4 aromatic rings. The predicted molar refractivity (Wildman–Crippen MR) is 133 cm³/mol. The molecular formula is C27H28N2O3S. The van der Waals surface area contributed by atoms with Gasteiger partial charge in [-0.2, -0.15) is 0 Å². The Bertz CT molecular complexity index is 1440. The number of rotatable bonds is 6. The van der Waals surface area contributed by atoms with E-state index in [1.165, 1.54) is 0 Å². The molecular weight excluding hydrogens is 432 g/mol. The van der Waals surface area contributed by atoms with Crippen LogP contribution in [0.15, 0.2) is 71.8 Å². The average molecular weight is 461 g/mol. The number of aromatic nitrogens is 1. The number of nitrogens with zero attached hydrogens (tertiary/aromatic N) is 1. The molecule has 0 bridgehead atoms. The van der Waals surface area contributed by atoms with Crippen molar-refractivity contribution in [2.75, 3.05) is 5.32 Å². The Morgan fingerprint density at radius 2 is 1.58 bits per heavy atom. The van der Waals surface area contributed by atoms with Crippen molar-refractivity contribution < 1.29 is 13.2 Å². The van der Waals surface area contributed by atoms with Gasteiger partial charge in [-0.25, -0.2) is 8.42 Å². The highest BCUT2D eigenvalue weighted by molar-refractivity contribution is 7.90. The number of benzene rings is 3. The van der Waals surface area contributed by atoms with Crippen molar-refractivity contribution in [1.82, 2.24) is 4.57 Å². The summed E-state index contributed by atoms with van der Waals surface area (Å²) in [7, 11) is -3.60. The van der Waals surface area contributed by atoms with Crippen molar-refractivity contribution in [1.29, 1.82) is 0 Å². The standard InChI is InChI=1S/C27H28N2O3S/c1-18-8-7-9-22(14-18)17-33(31,32)25-15-29(24-11-6-5-10-23(24)25)16-26(30)28-27-20(3)12-19(2)13-21(27)4/h5-15H,16-17H2,1-4H3,(H,28,30). The molecule has 6 heteroatoms. The summed E-state index contributed by atoms with van der Waals surface area (Å²) in [6.45, 7) is 7.93. The Hall–Kier alpha value is -3.38. The molecule has 0 radical (unpaired) electrons. The largest absolute Gasteiger partial charge is 0.337 e. The van der Waals surface area contributed by atoms with Crippen LogP contribution >= 0.6 is 0 Å². The minimum Gasteiger partial charge on any atom is -0.337 e. The molecule has 5 nitrogen and oxygen atoms in total. The van der Waals surface area contributed by atoms with Crippen molar-refractivity contribution in [3.05, 3.63) is 94.7 Å². The Kier molecular flexibility index (Phi) is 6.13. The second-order valence-corrected chi connectivity index (χ2v) is 10.7. The van der Waals surface area contributed by atoms with Gasteiger partial charge in [-0.05, 0) is 50.5 Å². The van der Waals surface area contributed by atoms with Crippen LogP contribution in [-0.4, -0.2) is 18.9 Å². The average Bonchev–Trinajstić information content (AvgIpc) is 3.10. The van der Waals surface area contributed by atoms with E-state index >= 15 is 0 Å². The number of amides is 1. The molecule has 4 rings (SSSR count). The minimum atomic E-state index is -3.60. The van der Waals surface area contributed by atoms with Crippen molar-refractivity contribution in [2.24, 2.45) is 0 Å². The summed E-state index contributed by atoms with van der Waals surface area (Å²) >= 11 is 0. The van der Waals surface area contributed by atoms with Crippen LogP contribution in [0.2, 0.25) is 0 Å². The lowest BCUT2D eigenvalue weighted by atomic mass is 10.1. The third-order valence-corrected chi connectivity index (χ3v) is 7.49. The SMILES string of the molecule is Cc1cccc(CS(=O)(=O)c2cn(CC(=O)Nc3c(C)cc(C)cc3C)c3ccccc23)c1. The van der Waals surface area contributed by atoms with Gasteiger partial charge in [0.1, 0.15) is 6.54 Å². The fourth-order valence-electron chi connectivity index (χ4n) is 4.40. The Labute approximate surface area is 195 Å². The second kappa shape index (κ2) is 8.87. The van der Waals surface area contributed by atoms with Gasteiger partial charge in [0.05, 0.1) is 10.6 Å². The van der Waals surface area contributed by atoms with Gasteiger partial charge in [0.25, 0.3) is 0 Å². The van der Waals surface area contributed by atoms with Gasteiger partial charge in [0, 0.05) is 22.8 Å². The lowest BCUT2D eigenvalue weighted by Crippen LogP contribution is -2.19. The smallest absolute Gasteiger partial charge is 0.244 e. The number of aryl methyl sites for hydroxylation is 4. The van der Waals surface area contributed by atoms with Gasteiger partial charge in [-0.3, -0.25) is 4.79 Å². The molecule has 1 heterocycles. The molecule has 0 unspecified atom stereocenters. The topological polar surface area (TPSA) is 68.2 Å². The number of carbonyl (C=O) groups is 1. The highest BCUT2D eigenvalue weighted by atomic mass is 32.2. The van der Waals surface area contributed by atoms with Crippen LogP contribution in [0.4, 0.5) is 5.69 Å². The first-order valence-electron chi connectivity index (χ1n) is 10.9. The number of fused-ring (bicyclic) bond motifs is 1. The third kappa shape index (κ3) is 4.86. The van der Waals surface area contributed by atoms with E-state index in [0.29, 0.717) is 10.9 Å². The molecule has 0 aliphatic carbocycles. The number of sulfone groups is 1. The van der Waals surface area contributed by atoms with Gasteiger partial charge in [-0.15, -0.1) is 0 Å². The zero-order chi connectivity index (χ0) is 23.8. The molecule has 1 aromatic heterocycles. The Morgan fingerprint density at radius 3 is 2.27 bits per heavy atom. The van der Waals surface area contributed by atoms with E-state index in [-0.39, 0.29) is 23.1 Å². The molecule has 170 valence electrons. The van der Waals surface area contributed by atoms with Crippen molar-refractivity contribution >= 4 is 32.3 Å². The van der Waals surface area contributed by atoms with Crippen LogP contribution < -0.4 is 5.32 Å². The van der Waals surface area contributed by atoms with E-state index in [2.05, 4.69) is 5.32 Å². The number of hydrogen-bond donors (Lipinski definition) is 1. The number of nitrogens with one attached hydrogen (secondary N) is 1. The number of carbonyl (C=O) groups excluding carboxylic acids is 1. The maximum atomic E-state index is 13.3. The van der Waals surface area contributed by atoms with Gasteiger partial charge in [0.2, 0.25) is 5.91 Å². The van der Waals surface area contributed by atoms with E-state index in [9.17, 15) is 13.2 Å². The number of hydrogen-bond acceptors (Lipinski definition) is 3. The lowest BCUT2D eigenvalue weighted by Gasteiger charge is -2.13. The summed E-state index contributed by atoms with van der Waals surface area (Å²) in [5.41, 5.74) is 6.42. The summed E-state index contributed by atoms with van der Waals surface area (Å²) in [4.78, 5) is 13.2. The Balaban J connectivity index is 1.66. The lowest BCUT2D eigenvalue weighted by molar-refractivity contribution is -0.116. The van der Waals surface area contributed by atoms with Gasteiger partial charge in [-0.1, -0.05) is 65.7 Å². The summed E-state index contributed by atoms with van der Waals surface area (Å²) in [6.07, 6.45) is 1.59. The molecule has 1 N–H and O–H groups in total. The molecule has 0 aliphatic rings. The first kappa shape index (κ1) is 22.8. The molecule has 0 aliphatic heterocycles. The zero-order valence-corrected chi connectivity index (χ0v) is 20.2. The van der Waals surface area contributed by atoms with E-state index in [4.69, 9.17) is 0 Å². The van der Waals surface area contributed by atoms with Crippen LogP contribution in [0.3, 0.4) is 0 Å². The molecule has 0 atom stereocenters. The monoisotopic (exact) mass is 460 g/mol. The zero-order valence-electron chi connectivity index (χ0n) is 19.3. The summed E-state index contributed by atoms with van der Waals surface area (Å²) in [5.74, 6) is -0.287.